The first-order chi connectivity index (χ1) is 8.27. The van der Waals surface area contributed by atoms with E-state index in [0.717, 1.165) is 29.7 Å². The smallest absolute Gasteiger partial charge is 0.164 e. The lowest BCUT2D eigenvalue weighted by Gasteiger charge is -2.15. The highest BCUT2D eigenvalue weighted by molar-refractivity contribution is 5.99. The van der Waals surface area contributed by atoms with Crippen LogP contribution in [0.3, 0.4) is 0 Å². The summed E-state index contributed by atoms with van der Waals surface area (Å²) in [5.41, 5.74) is 4.39. The first-order valence-electron chi connectivity index (χ1n) is 6.07. The molecule has 3 rings (SSSR count). The zero-order valence-corrected chi connectivity index (χ0v) is 9.94. The van der Waals surface area contributed by atoms with Gasteiger partial charge in [0, 0.05) is 29.6 Å². The molecule has 0 saturated heterocycles. The van der Waals surface area contributed by atoms with Crippen molar-refractivity contribution in [3.05, 3.63) is 53.3 Å². The molecule has 0 unspecified atom stereocenters. The molecule has 0 N–H and O–H groups in total. The molecule has 2 heteroatoms. The standard InChI is InChI=1S/C15H15NO/c1-11-10-16(12-6-3-2-4-7-12)13-8-5-9-14(17)15(11)13/h2-4,6-7,10H,5,8-9H2,1H3. The third-order valence-corrected chi connectivity index (χ3v) is 3.43. The molecule has 2 nitrogen and oxygen atoms in total. The number of rotatable bonds is 1. The second kappa shape index (κ2) is 3.88. The van der Waals surface area contributed by atoms with Gasteiger partial charge in [0.2, 0.25) is 0 Å². The van der Waals surface area contributed by atoms with Crippen molar-refractivity contribution < 1.29 is 4.79 Å². The van der Waals surface area contributed by atoms with Crippen LogP contribution in [0.4, 0.5) is 0 Å². The minimum Gasteiger partial charge on any atom is -0.320 e. The molecule has 0 aliphatic heterocycles. The summed E-state index contributed by atoms with van der Waals surface area (Å²) in [5, 5.41) is 0. The number of hydrogen-bond donors (Lipinski definition) is 0. The first-order valence-corrected chi connectivity index (χ1v) is 6.07. The Hall–Kier alpha value is -1.83. The summed E-state index contributed by atoms with van der Waals surface area (Å²) in [6, 6.07) is 10.2. The van der Waals surface area contributed by atoms with E-state index in [1.54, 1.807) is 0 Å². The number of carbonyl (C=O) groups is 1. The number of hydrogen-bond acceptors (Lipinski definition) is 1. The molecule has 0 spiro atoms. The van der Waals surface area contributed by atoms with Crippen molar-refractivity contribution in [3.8, 4) is 5.69 Å². The number of Topliss-reactive ketones (excluding diaryl/α,β-unsaturated/α-hetero) is 1. The van der Waals surface area contributed by atoms with E-state index >= 15 is 0 Å². The summed E-state index contributed by atoms with van der Waals surface area (Å²) in [7, 11) is 0. The molecule has 1 aromatic heterocycles. The van der Waals surface area contributed by atoms with Crippen molar-refractivity contribution in [1.82, 2.24) is 4.57 Å². The Bertz CT molecular complexity index is 566. The summed E-state index contributed by atoms with van der Waals surface area (Å²) < 4.78 is 2.17. The summed E-state index contributed by atoms with van der Waals surface area (Å²) in [6.07, 6.45) is 4.77. The molecule has 1 heterocycles. The molecule has 86 valence electrons. The van der Waals surface area contributed by atoms with E-state index in [0.29, 0.717) is 12.2 Å². The molecule has 0 fully saturated rings. The van der Waals surface area contributed by atoms with Gasteiger partial charge < -0.3 is 4.57 Å². The molecular weight excluding hydrogens is 210 g/mol. The fourth-order valence-corrected chi connectivity index (χ4v) is 2.67. The average molecular weight is 225 g/mol. The number of benzene rings is 1. The zero-order valence-electron chi connectivity index (χ0n) is 9.94. The average Bonchev–Trinajstić information content (AvgIpc) is 2.69. The Kier molecular flexibility index (Phi) is 2.36. The van der Waals surface area contributed by atoms with Crippen molar-refractivity contribution in [2.45, 2.75) is 26.2 Å². The summed E-state index contributed by atoms with van der Waals surface area (Å²) >= 11 is 0. The molecule has 0 radical (unpaired) electrons. The lowest BCUT2D eigenvalue weighted by atomic mass is 9.94. The molecule has 17 heavy (non-hydrogen) atoms. The molecule has 1 aromatic carbocycles. The van der Waals surface area contributed by atoms with Crippen LogP contribution in [0.2, 0.25) is 0 Å². The van der Waals surface area contributed by atoms with Crippen molar-refractivity contribution >= 4 is 5.78 Å². The Labute approximate surface area is 101 Å². The van der Waals surface area contributed by atoms with Crippen LogP contribution in [-0.2, 0) is 6.42 Å². The van der Waals surface area contributed by atoms with Gasteiger partial charge in [-0.2, -0.15) is 0 Å². The highest BCUT2D eigenvalue weighted by Gasteiger charge is 2.23. The SMILES string of the molecule is Cc1cn(-c2ccccc2)c2c1C(=O)CCC2. The highest BCUT2D eigenvalue weighted by atomic mass is 16.1. The maximum atomic E-state index is 11.9. The van der Waals surface area contributed by atoms with Gasteiger partial charge in [-0.05, 0) is 37.5 Å². The molecule has 1 aliphatic carbocycles. The van der Waals surface area contributed by atoms with Gasteiger partial charge in [-0.25, -0.2) is 0 Å². The van der Waals surface area contributed by atoms with Crippen molar-refractivity contribution in [3.63, 3.8) is 0 Å². The minimum absolute atomic E-state index is 0.304. The zero-order chi connectivity index (χ0) is 11.8. The lowest BCUT2D eigenvalue weighted by Crippen LogP contribution is -2.12. The van der Waals surface area contributed by atoms with Crippen molar-refractivity contribution in [2.24, 2.45) is 0 Å². The van der Waals surface area contributed by atoms with Crippen LogP contribution < -0.4 is 0 Å². The third-order valence-electron chi connectivity index (χ3n) is 3.43. The number of aryl methyl sites for hydroxylation is 1. The molecule has 0 saturated carbocycles. The third kappa shape index (κ3) is 1.60. The van der Waals surface area contributed by atoms with Gasteiger partial charge in [0.25, 0.3) is 0 Å². The van der Waals surface area contributed by atoms with Crippen molar-refractivity contribution in [2.75, 3.05) is 0 Å². The second-order valence-electron chi connectivity index (χ2n) is 4.62. The van der Waals surface area contributed by atoms with E-state index in [4.69, 9.17) is 0 Å². The summed E-state index contributed by atoms with van der Waals surface area (Å²) in [6.45, 7) is 2.03. The van der Waals surface area contributed by atoms with Gasteiger partial charge in [0.1, 0.15) is 0 Å². The molecule has 2 aromatic rings. The van der Waals surface area contributed by atoms with Gasteiger partial charge in [-0.1, -0.05) is 18.2 Å². The van der Waals surface area contributed by atoms with Gasteiger partial charge in [-0.3, -0.25) is 4.79 Å². The molecule has 0 atom stereocenters. The van der Waals surface area contributed by atoms with Crippen LogP contribution in [0.1, 0.15) is 34.5 Å². The second-order valence-corrected chi connectivity index (χ2v) is 4.62. The number of fused-ring (bicyclic) bond motifs is 1. The topological polar surface area (TPSA) is 22.0 Å². The predicted octanol–water partition coefficient (Wildman–Crippen LogP) is 3.30. The summed E-state index contributed by atoms with van der Waals surface area (Å²) in [5.74, 6) is 0.304. The van der Waals surface area contributed by atoms with Crippen LogP contribution in [-0.4, -0.2) is 10.4 Å². The maximum absolute atomic E-state index is 11.9. The number of ketones is 1. The predicted molar refractivity (Wildman–Crippen MR) is 67.8 cm³/mol. The van der Waals surface area contributed by atoms with E-state index < -0.39 is 0 Å². The van der Waals surface area contributed by atoms with Gasteiger partial charge in [0.15, 0.2) is 5.78 Å². The number of para-hydroxylation sites is 1. The quantitative estimate of drug-likeness (QED) is 0.729. The highest BCUT2D eigenvalue weighted by Crippen LogP contribution is 2.28. The molecular formula is C15H15NO. The monoisotopic (exact) mass is 225 g/mol. The van der Waals surface area contributed by atoms with Crippen LogP contribution in [0.25, 0.3) is 5.69 Å². The Morgan fingerprint density at radius 1 is 1.12 bits per heavy atom. The van der Waals surface area contributed by atoms with E-state index in [-0.39, 0.29) is 0 Å². The van der Waals surface area contributed by atoms with Gasteiger partial charge in [0.05, 0.1) is 0 Å². The lowest BCUT2D eigenvalue weighted by molar-refractivity contribution is 0.0971. The van der Waals surface area contributed by atoms with Crippen LogP contribution in [0.5, 0.6) is 0 Å². The maximum Gasteiger partial charge on any atom is 0.164 e. The van der Waals surface area contributed by atoms with Crippen molar-refractivity contribution in [1.29, 1.82) is 0 Å². The molecule has 0 bridgehead atoms. The fraction of sp³-hybridized carbons (Fsp3) is 0.267. The van der Waals surface area contributed by atoms with Crippen LogP contribution in [0, 0.1) is 6.92 Å². The Balaban J connectivity index is 2.20. The van der Waals surface area contributed by atoms with E-state index in [1.807, 2.05) is 25.1 Å². The normalized spacial score (nSPS) is 14.8. The number of nitrogens with zero attached hydrogens (tertiary/aromatic N) is 1. The number of carbonyl (C=O) groups excluding carboxylic acids is 1. The van der Waals surface area contributed by atoms with Crippen LogP contribution >= 0.6 is 0 Å². The largest absolute Gasteiger partial charge is 0.320 e. The molecule has 0 amide bonds. The Morgan fingerprint density at radius 3 is 2.65 bits per heavy atom. The van der Waals surface area contributed by atoms with Crippen LogP contribution in [0.15, 0.2) is 36.5 Å². The minimum atomic E-state index is 0.304. The Morgan fingerprint density at radius 2 is 1.88 bits per heavy atom. The van der Waals surface area contributed by atoms with E-state index in [1.165, 1.54) is 5.69 Å². The van der Waals surface area contributed by atoms with Gasteiger partial charge in [-0.15, -0.1) is 0 Å². The first kappa shape index (κ1) is 10.3. The number of aromatic nitrogens is 1. The molecule has 1 aliphatic rings. The summed E-state index contributed by atoms with van der Waals surface area (Å²) in [4.78, 5) is 11.9. The fourth-order valence-electron chi connectivity index (χ4n) is 2.67. The van der Waals surface area contributed by atoms with E-state index in [2.05, 4.69) is 22.9 Å². The van der Waals surface area contributed by atoms with E-state index in [9.17, 15) is 4.79 Å². The van der Waals surface area contributed by atoms with Gasteiger partial charge >= 0.3 is 0 Å².